The lowest BCUT2D eigenvalue weighted by Gasteiger charge is -2.10. The second-order valence-electron chi connectivity index (χ2n) is 4.35. The lowest BCUT2D eigenvalue weighted by Crippen LogP contribution is -2.00. The van der Waals surface area contributed by atoms with Crippen LogP contribution in [-0.4, -0.2) is 9.55 Å². The highest BCUT2D eigenvalue weighted by Gasteiger charge is 2.16. The Hall–Kier alpha value is -1.000. The van der Waals surface area contributed by atoms with Gasteiger partial charge in [0.2, 0.25) is 0 Å². The van der Waals surface area contributed by atoms with Gasteiger partial charge in [-0.2, -0.15) is 0 Å². The van der Waals surface area contributed by atoms with Crippen molar-refractivity contribution in [1.82, 2.24) is 9.55 Å². The van der Waals surface area contributed by atoms with Gasteiger partial charge in [-0.1, -0.05) is 34.8 Å². The highest BCUT2D eigenvalue weighted by Crippen LogP contribution is 2.31. The van der Waals surface area contributed by atoms with Crippen molar-refractivity contribution in [3.8, 4) is 5.69 Å². The van der Waals surface area contributed by atoms with E-state index in [1.54, 1.807) is 22.8 Å². The first-order valence-corrected chi connectivity index (χ1v) is 7.56. The van der Waals surface area contributed by atoms with Crippen molar-refractivity contribution in [2.75, 3.05) is 0 Å². The number of imidazole rings is 1. The molecule has 1 aromatic heterocycles. The fourth-order valence-electron chi connectivity index (χ4n) is 2.14. The van der Waals surface area contributed by atoms with Crippen LogP contribution < -0.4 is 0 Å². The number of aromatic nitrogens is 2. The molecule has 0 aliphatic carbocycles. The second-order valence-corrected chi connectivity index (χ2v) is 5.87. The van der Waals surface area contributed by atoms with Crippen LogP contribution in [0.3, 0.4) is 0 Å². The summed E-state index contributed by atoms with van der Waals surface area (Å²) in [6.45, 7) is 0. The molecule has 0 saturated carbocycles. The molecule has 7 heteroatoms. The maximum Gasteiger partial charge on any atom is 0.144 e. The number of hydrogen-bond acceptors (Lipinski definition) is 1. The molecular weight excluding hydrogens is 357 g/mol. The molecule has 0 atom stereocenters. The average molecular weight is 364 g/mol. The van der Waals surface area contributed by atoms with Gasteiger partial charge in [0.05, 0.1) is 32.6 Å². The summed E-state index contributed by atoms with van der Waals surface area (Å²) in [6.07, 6.45) is 0. The van der Waals surface area contributed by atoms with E-state index in [0.29, 0.717) is 32.6 Å². The summed E-state index contributed by atoms with van der Waals surface area (Å²) in [7, 11) is 0. The van der Waals surface area contributed by atoms with Crippen molar-refractivity contribution in [3.05, 3.63) is 57.0 Å². The van der Waals surface area contributed by atoms with E-state index in [1.807, 2.05) is 0 Å². The maximum absolute atomic E-state index is 13.6. The molecule has 1 heterocycles. The predicted molar refractivity (Wildman–Crippen MR) is 85.6 cm³/mol. The molecule has 0 aliphatic rings. The van der Waals surface area contributed by atoms with Gasteiger partial charge in [-0.25, -0.2) is 9.37 Å². The Kier molecular flexibility index (Phi) is 4.02. The molecule has 0 unspecified atom stereocenters. The molecule has 0 amide bonds. The first-order chi connectivity index (χ1) is 10.0. The Morgan fingerprint density at radius 2 is 1.81 bits per heavy atom. The van der Waals surface area contributed by atoms with E-state index in [2.05, 4.69) is 4.98 Å². The quantitative estimate of drug-likeness (QED) is 0.521. The van der Waals surface area contributed by atoms with Crippen molar-refractivity contribution in [1.29, 1.82) is 0 Å². The molecule has 0 spiro atoms. The Morgan fingerprint density at radius 3 is 2.52 bits per heavy atom. The molecule has 0 aliphatic heterocycles. The van der Waals surface area contributed by atoms with Crippen molar-refractivity contribution < 1.29 is 4.39 Å². The fraction of sp³-hybridized carbons (Fsp3) is 0.0714. The van der Waals surface area contributed by atoms with E-state index in [9.17, 15) is 4.39 Å². The smallest absolute Gasteiger partial charge is 0.144 e. The van der Waals surface area contributed by atoms with Crippen LogP contribution in [0.15, 0.2) is 30.3 Å². The van der Waals surface area contributed by atoms with Crippen LogP contribution in [0.1, 0.15) is 5.82 Å². The summed E-state index contributed by atoms with van der Waals surface area (Å²) in [6, 6.07) is 7.81. The van der Waals surface area contributed by atoms with Gasteiger partial charge in [0.15, 0.2) is 0 Å². The zero-order valence-corrected chi connectivity index (χ0v) is 13.4. The van der Waals surface area contributed by atoms with E-state index in [1.165, 1.54) is 12.1 Å². The minimum Gasteiger partial charge on any atom is -0.294 e. The first-order valence-electron chi connectivity index (χ1n) is 5.89. The molecule has 108 valence electrons. The summed E-state index contributed by atoms with van der Waals surface area (Å²) >= 11 is 24.1. The molecule has 0 bridgehead atoms. The topological polar surface area (TPSA) is 17.8 Å². The van der Waals surface area contributed by atoms with Gasteiger partial charge in [0.1, 0.15) is 11.6 Å². The van der Waals surface area contributed by atoms with Gasteiger partial charge in [-0.15, -0.1) is 11.6 Å². The zero-order valence-electron chi connectivity index (χ0n) is 10.4. The number of fused-ring (bicyclic) bond motifs is 1. The number of halogens is 5. The van der Waals surface area contributed by atoms with Crippen LogP contribution in [0.4, 0.5) is 4.39 Å². The van der Waals surface area contributed by atoms with Gasteiger partial charge in [0, 0.05) is 11.1 Å². The lowest BCUT2D eigenvalue weighted by molar-refractivity contribution is 0.630. The second kappa shape index (κ2) is 5.65. The zero-order chi connectivity index (χ0) is 15.1. The summed E-state index contributed by atoms with van der Waals surface area (Å²) < 4.78 is 15.3. The van der Waals surface area contributed by atoms with Crippen LogP contribution in [0.25, 0.3) is 16.7 Å². The minimum atomic E-state index is -0.535. The monoisotopic (exact) mass is 362 g/mol. The molecule has 0 saturated heterocycles. The van der Waals surface area contributed by atoms with E-state index in [-0.39, 0.29) is 10.9 Å². The molecule has 2 aromatic carbocycles. The van der Waals surface area contributed by atoms with Crippen LogP contribution in [0.2, 0.25) is 15.1 Å². The molecule has 3 rings (SSSR count). The normalized spacial score (nSPS) is 11.3. The van der Waals surface area contributed by atoms with Crippen molar-refractivity contribution in [3.63, 3.8) is 0 Å². The van der Waals surface area contributed by atoms with Crippen molar-refractivity contribution >= 4 is 57.4 Å². The van der Waals surface area contributed by atoms with Crippen LogP contribution in [0, 0.1) is 5.82 Å². The molecule has 3 aromatic rings. The number of alkyl halides is 1. The maximum atomic E-state index is 13.6. The van der Waals surface area contributed by atoms with Gasteiger partial charge in [-0.3, -0.25) is 4.57 Å². The Labute approximate surface area is 140 Å². The van der Waals surface area contributed by atoms with Gasteiger partial charge >= 0.3 is 0 Å². The molecule has 0 N–H and O–H groups in total. The minimum absolute atomic E-state index is 0.00271. The molecule has 2 nitrogen and oxygen atoms in total. The van der Waals surface area contributed by atoms with Gasteiger partial charge in [-0.05, 0) is 24.3 Å². The predicted octanol–water partition coefficient (Wildman–Crippen LogP) is 5.86. The fourth-order valence-corrected chi connectivity index (χ4v) is 2.84. The van der Waals surface area contributed by atoms with Crippen LogP contribution in [-0.2, 0) is 5.88 Å². The summed E-state index contributed by atoms with van der Waals surface area (Å²) in [4.78, 5) is 4.31. The molecular formula is C14H7Cl4FN2. The van der Waals surface area contributed by atoms with Crippen LogP contribution >= 0.6 is 46.4 Å². The number of nitrogens with zero attached hydrogens (tertiary/aromatic N) is 2. The van der Waals surface area contributed by atoms with E-state index < -0.39 is 5.82 Å². The average Bonchev–Trinajstić information content (AvgIpc) is 2.79. The standard InChI is InChI=1S/C14H7Cl4FN2/c15-6-14-20-11-5-10(19)9(18)4-13(11)21(14)12-3-7(16)1-2-8(12)17/h1-5H,6H2. The van der Waals surface area contributed by atoms with E-state index >= 15 is 0 Å². The lowest BCUT2D eigenvalue weighted by atomic mass is 10.2. The summed E-state index contributed by atoms with van der Waals surface area (Å²) in [5, 5.41) is 0.999. The third-order valence-corrected chi connectivity index (χ3v) is 4.12. The number of hydrogen-bond donors (Lipinski definition) is 0. The van der Waals surface area contributed by atoms with Gasteiger partial charge in [0.25, 0.3) is 0 Å². The largest absolute Gasteiger partial charge is 0.294 e. The SMILES string of the molecule is Fc1cc2nc(CCl)n(-c3cc(Cl)ccc3Cl)c2cc1Cl. The summed E-state index contributed by atoms with van der Waals surface area (Å²) in [5.74, 6) is 0.126. The Bertz CT molecular complexity index is 845. The highest BCUT2D eigenvalue weighted by atomic mass is 35.5. The third-order valence-electron chi connectivity index (χ3n) is 3.03. The highest BCUT2D eigenvalue weighted by molar-refractivity contribution is 6.34. The van der Waals surface area contributed by atoms with Crippen molar-refractivity contribution in [2.24, 2.45) is 0 Å². The molecule has 0 fully saturated rings. The summed E-state index contributed by atoms with van der Waals surface area (Å²) in [5.41, 5.74) is 1.68. The third kappa shape index (κ3) is 2.59. The Morgan fingerprint density at radius 1 is 1.05 bits per heavy atom. The number of benzene rings is 2. The van der Waals surface area contributed by atoms with Gasteiger partial charge < -0.3 is 0 Å². The van der Waals surface area contributed by atoms with E-state index in [0.717, 1.165) is 0 Å². The Balaban J connectivity index is 2.40. The van der Waals surface area contributed by atoms with Crippen LogP contribution in [0.5, 0.6) is 0 Å². The van der Waals surface area contributed by atoms with E-state index in [4.69, 9.17) is 46.4 Å². The molecule has 0 radical (unpaired) electrons. The molecule has 21 heavy (non-hydrogen) atoms. The van der Waals surface area contributed by atoms with Crippen molar-refractivity contribution in [2.45, 2.75) is 5.88 Å². The number of rotatable bonds is 2. The first kappa shape index (κ1) is 14.9.